The molecule has 0 bridgehead atoms. The Balaban J connectivity index is 1.46. The second-order valence-electron chi connectivity index (χ2n) is 8.17. The molecule has 0 saturated heterocycles. The van der Waals surface area contributed by atoms with E-state index in [1.54, 1.807) is 12.1 Å². The summed E-state index contributed by atoms with van der Waals surface area (Å²) < 4.78 is 13.3. The van der Waals surface area contributed by atoms with E-state index in [-0.39, 0.29) is 17.5 Å². The maximum atomic E-state index is 13.3. The predicted octanol–water partition coefficient (Wildman–Crippen LogP) is 6.40. The third-order valence-corrected chi connectivity index (χ3v) is 6.54. The van der Waals surface area contributed by atoms with Crippen molar-refractivity contribution in [3.05, 3.63) is 78.6 Å². The van der Waals surface area contributed by atoms with E-state index in [0.29, 0.717) is 16.8 Å². The number of amides is 1. The van der Waals surface area contributed by atoms with Crippen LogP contribution in [0, 0.1) is 5.82 Å². The minimum Gasteiger partial charge on any atom is -0.369 e. The molecule has 1 aromatic heterocycles. The number of fused-ring (bicyclic) bond motifs is 1. The fraction of sp³-hybridized carbons (Fsp3) is 0.222. The number of hydrogen-bond acceptors (Lipinski definition) is 5. The highest BCUT2D eigenvalue weighted by Gasteiger charge is 2.14. The molecule has 0 atom stereocenters. The van der Waals surface area contributed by atoms with Gasteiger partial charge in [-0.05, 0) is 69.3 Å². The number of rotatable bonds is 8. The third kappa shape index (κ3) is 5.37. The van der Waals surface area contributed by atoms with Gasteiger partial charge in [-0.1, -0.05) is 36.0 Å². The van der Waals surface area contributed by atoms with Gasteiger partial charge in [-0.15, -0.1) is 10.2 Å². The molecule has 1 N–H and O–H groups in total. The summed E-state index contributed by atoms with van der Waals surface area (Å²) in [5.41, 5.74) is 3.37. The fourth-order valence-electron chi connectivity index (χ4n) is 3.92. The first kappa shape index (κ1) is 23.7. The number of hydrogen-bond donors (Lipinski definition) is 1. The van der Waals surface area contributed by atoms with Gasteiger partial charge in [-0.2, -0.15) is 0 Å². The first-order valence-electron chi connectivity index (χ1n) is 11.3. The Morgan fingerprint density at radius 1 is 0.971 bits per heavy atom. The fourth-order valence-corrected chi connectivity index (χ4v) is 4.69. The average Bonchev–Trinajstić information content (AvgIpc) is 2.84. The van der Waals surface area contributed by atoms with Gasteiger partial charge in [0.15, 0.2) is 0 Å². The molecule has 1 amide bonds. The molecule has 4 aromatic rings. The van der Waals surface area contributed by atoms with Crippen LogP contribution in [0.5, 0.6) is 0 Å². The zero-order valence-electron chi connectivity index (χ0n) is 19.5. The van der Waals surface area contributed by atoms with E-state index in [9.17, 15) is 9.18 Å². The van der Waals surface area contributed by atoms with E-state index < -0.39 is 0 Å². The summed E-state index contributed by atoms with van der Waals surface area (Å²) in [5.74, 6) is -0.192. The van der Waals surface area contributed by atoms with Crippen molar-refractivity contribution in [1.82, 2.24) is 10.2 Å². The van der Waals surface area contributed by atoms with Gasteiger partial charge in [-0.3, -0.25) is 4.79 Å². The molecule has 4 rings (SSSR count). The van der Waals surface area contributed by atoms with Crippen LogP contribution in [0.4, 0.5) is 15.8 Å². The van der Waals surface area contributed by atoms with Crippen molar-refractivity contribution in [1.29, 1.82) is 0 Å². The Labute approximate surface area is 203 Å². The van der Waals surface area contributed by atoms with Crippen LogP contribution in [-0.2, 0) is 4.79 Å². The lowest BCUT2D eigenvalue weighted by Gasteiger charge is -2.27. The van der Waals surface area contributed by atoms with E-state index >= 15 is 0 Å². The summed E-state index contributed by atoms with van der Waals surface area (Å²) in [7, 11) is 0. The maximum absolute atomic E-state index is 13.3. The molecule has 0 fully saturated rings. The van der Waals surface area contributed by atoms with E-state index in [4.69, 9.17) is 0 Å². The number of halogens is 1. The Morgan fingerprint density at radius 2 is 1.65 bits per heavy atom. The number of carbonyl (C=O) groups excluding carboxylic acids is 1. The molecule has 3 aromatic carbocycles. The lowest BCUT2D eigenvalue weighted by molar-refractivity contribution is -0.113. The van der Waals surface area contributed by atoms with Crippen LogP contribution in [0.3, 0.4) is 0 Å². The van der Waals surface area contributed by atoms with Crippen LogP contribution in [0.1, 0.15) is 20.8 Å². The van der Waals surface area contributed by atoms with Crippen LogP contribution in [-0.4, -0.2) is 34.4 Å². The highest BCUT2D eigenvalue weighted by Crippen LogP contribution is 2.32. The van der Waals surface area contributed by atoms with Crippen molar-refractivity contribution >= 4 is 39.8 Å². The van der Waals surface area contributed by atoms with Crippen molar-refractivity contribution in [2.45, 2.75) is 31.8 Å². The number of anilines is 2. The van der Waals surface area contributed by atoms with Crippen molar-refractivity contribution in [3.63, 3.8) is 0 Å². The number of nitrogens with one attached hydrogen (secondary N) is 1. The molecule has 5 nitrogen and oxygen atoms in total. The second kappa shape index (κ2) is 10.7. The highest BCUT2D eigenvalue weighted by molar-refractivity contribution is 8.00. The van der Waals surface area contributed by atoms with Gasteiger partial charge in [0.2, 0.25) is 5.91 Å². The number of benzene rings is 3. The molecule has 34 heavy (non-hydrogen) atoms. The normalized spacial score (nSPS) is 11.1. The zero-order valence-corrected chi connectivity index (χ0v) is 20.3. The number of aromatic nitrogens is 2. The van der Waals surface area contributed by atoms with Crippen LogP contribution in [0.25, 0.3) is 22.0 Å². The van der Waals surface area contributed by atoms with Gasteiger partial charge in [0.1, 0.15) is 16.5 Å². The molecule has 1 heterocycles. The Bertz CT molecular complexity index is 1280. The molecular formula is C27H27FN4OS. The molecule has 0 aliphatic heterocycles. The minimum atomic E-state index is -0.295. The van der Waals surface area contributed by atoms with Crippen molar-refractivity contribution < 1.29 is 9.18 Å². The first-order valence-corrected chi connectivity index (χ1v) is 12.3. The van der Waals surface area contributed by atoms with Crippen LogP contribution >= 0.6 is 11.8 Å². The molecule has 0 spiro atoms. The van der Waals surface area contributed by atoms with E-state index in [2.05, 4.69) is 41.2 Å². The third-order valence-electron chi connectivity index (χ3n) is 5.56. The quantitative estimate of drug-likeness (QED) is 0.299. The molecule has 174 valence electrons. The molecular weight excluding hydrogens is 447 g/mol. The topological polar surface area (TPSA) is 58.1 Å². The Kier molecular flexibility index (Phi) is 7.43. The smallest absolute Gasteiger partial charge is 0.234 e. The van der Waals surface area contributed by atoms with Crippen molar-refractivity contribution in [2.75, 3.05) is 22.5 Å². The van der Waals surface area contributed by atoms with Crippen molar-refractivity contribution in [2.24, 2.45) is 0 Å². The van der Waals surface area contributed by atoms with Gasteiger partial charge in [0.25, 0.3) is 0 Å². The summed E-state index contributed by atoms with van der Waals surface area (Å²) in [6.07, 6.45) is 0. The number of carbonyl (C=O) groups is 1. The molecule has 0 aliphatic rings. The summed E-state index contributed by atoms with van der Waals surface area (Å²) >= 11 is 1.35. The monoisotopic (exact) mass is 474 g/mol. The standard InChI is InChI=1S/C27H27FN4OS/c1-4-32(18(2)3)22-15-13-21(14-16-22)29-25(33)17-34-27-24-8-6-5-7-23(24)26(30-31-27)19-9-11-20(28)12-10-19/h5-16,18H,4,17H2,1-3H3,(H,29,33). The summed E-state index contributed by atoms with van der Waals surface area (Å²) in [6, 6.07) is 22.3. The van der Waals surface area contributed by atoms with Crippen LogP contribution < -0.4 is 10.2 Å². The predicted molar refractivity (Wildman–Crippen MR) is 139 cm³/mol. The largest absolute Gasteiger partial charge is 0.369 e. The summed E-state index contributed by atoms with van der Waals surface area (Å²) in [5, 5.41) is 14.2. The zero-order chi connectivity index (χ0) is 24.1. The van der Waals surface area contributed by atoms with E-state index in [1.165, 1.54) is 23.9 Å². The SMILES string of the molecule is CCN(c1ccc(NC(=O)CSc2nnc(-c3ccc(F)cc3)c3ccccc23)cc1)C(C)C. The lowest BCUT2D eigenvalue weighted by atomic mass is 10.1. The van der Waals surface area contributed by atoms with Crippen LogP contribution in [0.15, 0.2) is 77.8 Å². The number of thioether (sulfide) groups is 1. The van der Waals surface area contributed by atoms with Gasteiger partial charge in [0.05, 0.1) is 5.75 Å². The Hall–Kier alpha value is -3.45. The number of nitrogens with zero attached hydrogens (tertiary/aromatic N) is 3. The van der Waals surface area contributed by atoms with Gasteiger partial charge >= 0.3 is 0 Å². The lowest BCUT2D eigenvalue weighted by Crippen LogP contribution is -2.30. The van der Waals surface area contributed by atoms with Gasteiger partial charge < -0.3 is 10.2 Å². The molecule has 0 radical (unpaired) electrons. The molecule has 0 unspecified atom stereocenters. The molecule has 7 heteroatoms. The average molecular weight is 475 g/mol. The highest BCUT2D eigenvalue weighted by atomic mass is 32.2. The van der Waals surface area contributed by atoms with Crippen molar-refractivity contribution in [3.8, 4) is 11.3 Å². The van der Waals surface area contributed by atoms with E-state index in [1.807, 2.05) is 48.5 Å². The van der Waals surface area contributed by atoms with Gasteiger partial charge in [0, 0.05) is 40.3 Å². The first-order chi connectivity index (χ1) is 16.5. The Morgan fingerprint density at radius 3 is 2.29 bits per heavy atom. The molecule has 0 aliphatic carbocycles. The van der Waals surface area contributed by atoms with Crippen LogP contribution in [0.2, 0.25) is 0 Å². The van der Waals surface area contributed by atoms with Gasteiger partial charge in [-0.25, -0.2) is 4.39 Å². The van der Waals surface area contributed by atoms with E-state index in [0.717, 1.165) is 34.3 Å². The second-order valence-corrected chi connectivity index (χ2v) is 9.13. The minimum absolute atomic E-state index is 0.109. The summed E-state index contributed by atoms with van der Waals surface area (Å²) in [6.45, 7) is 7.38. The molecule has 0 saturated carbocycles. The maximum Gasteiger partial charge on any atom is 0.234 e. The summed E-state index contributed by atoms with van der Waals surface area (Å²) in [4.78, 5) is 14.9.